The fourth-order valence-corrected chi connectivity index (χ4v) is 1.51. The molecule has 0 spiro atoms. The molecule has 0 aromatic heterocycles. The second kappa shape index (κ2) is 6.48. The van der Waals surface area contributed by atoms with Crippen molar-refractivity contribution in [2.75, 3.05) is 6.61 Å². The SMILES string of the molecule is OCc1cccc(OCC#Cc2ccccc2)c1. The van der Waals surface area contributed by atoms with Crippen molar-refractivity contribution in [2.45, 2.75) is 6.61 Å². The maximum absolute atomic E-state index is 9.00. The second-order valence-corrected chi connectivity index (χ2v) is 3.76. The monoisotopic (exact) mass is 238 g/mol. The van der Waals surface area contributed by atoms with E-state index in [2.05, 4.69) is 11.8 Å². The van der Waals surface area contributed by atoms with Gasteiger partial charge in [0.1, 0.15) is 12.4 Å². The minimum Gasteiger partial charge on any atom is -0.481 e. The molecule has 0 aliphatic heterocycles. The summed E-state index contributed by atoms with van der Waals surface area (Å²) in [5.74, 6) is 6.70. The van der Waals surface area contributed by atoms with Gasteiger partial charge < -0.3 is 9.84 Å². The minimum atomic E-state index is 0.0207. The Hall–Kier alpha value is -2.24. The second-order valence-electron chi connectivity index (χ2n) is 3.76. The number of aliphatic hydroxyl groups excluding tert-OH is 1. The molecule has 90 valence electrons. The highest BCUT2D eigenvalue weighted by molar-refractivity contribution is 5.34. The van der Waals surface area contributed by atoms with Gasteiger partial charge in [0.05, 0.1) is 6.61 Å². The number of ether oxygens (including phenoxy) is 1. The molecule has 0 aliphatic rings. The first-order valence-corrected chi connectivity index (χ1v) is 5.75. The van der Waals surface area contributed by atoms with E-state index >= 15 is 0 Å². The Labute approximate surface area is 107 Å². The lowest BCUT2D eigenvalue weighted by molar-refractivity contribution is 0.280. The first-order chi connectivity index (χ1) is 8.88. The molecule has 0 saturated heterocycles. The maximum Gasteiger partial charge on any atom is 0.149 e. The molecule has 1 N–H and O–H groups in total. The van der Waals surface area contributed by atoms with Crippen LogP contribution in [0.1, 0.15) is 11.1 Å². The van der Waals surface area contributed by atoms with Gasteiger partial charge in [-0.25, -0.2) is 0 Å². The zero-order valence-corrected chi connectivity index (χ0v) is 9.97. The third-order valence-electron chi connectivity index (χ3n) is 2.40. The van der Waals surface area contributed by atoms with E-state index in [0.29, 0.717) is 6.61 Å². The molecular weight excluding hydrogens is 224 g/mol. The quantitative estimate of drug-likeness (QED) is 0.833. The number of hydrogen-bond donors (Lipinski definition) is 1. The van der Waals surface area contributed by atoms with Gasteiger partial charge in [-0.3, -0.25) is 0 Å². The normalized spacial score (nSPS) is 9.39. The van der Waals surface area contributed by atoms with Crippen molar-refractivity contribution in [1.29, 1.82) is 0 Å². The third-order valence-corrected chi connectivity index (χ3v) is 2.40. The molecule has 0 atom stereocenters. The molecule has 0 saturated carbocycles. The van der Waals surface area contributed by atoms with Crippen molar-refractivity contribution in [1.82, 2.24) is 0 Å². The number of aliphatic hydroxyl groups is 1. The summed E-state index contributed by atoms with van der Waals surface area (Å²) in [7, 11) is 0. The molecular formula is C16H14O2. The smallest absolute Gasteiger partial charge is 0.149 e. The van der Waals surface area contributed by atoms with Crippen LogP contribution < -0.4 is 4.74 Å². The van der Waals surface area contributed by atoms with Crippen LogP contribution in [0, 0.1) is 11.8 Å². The molecule has 2 aromatic rings. The number of rotatable bonds is 3. The third kappa shape index (κ3) is 3.65. The zero-order chi connectivity index (χ0) is 12.6. The summed E-state index contributed by atoms with van der Waals surface area (Å²) in [5, 5.41) is 9.00. The van der Waals surface area contributed by atoms with Gasteiger partial charge in [0.2, 0.25) is 0 Å². The van der Waals surface area contributed by atoms with Gasteiger partial charge in [0.25, 0.3) is 0 Å². The summed E-state index contributed by atoms with van der Waals surface area (Å²) in [6, 6.07) is 17.1. The molecule has 2 rings (SSSR count). The summed E-state index contributed by atoms with van der Waals surface area (Å²) in [4.78, 5) is 0. The van der Waals surface area contributed by atoms with Crippen LogP contribution in [0.25, 0.3) is 0 Å². The Balaban J connectivity index is 1.91. The summed E-state index contributed by atoms with van der Waals surface area (Å²) >= 11 is 0. The summed E-state index contributed by atoms with van der Waals surface area (Å²) in [5.41, 5.74) is 1.81. The topological polar surface area (TPSA) is 29.5 Å². The molecule has 2 nitrogen and oxygen atoms in total. The fourth-order valence-electron chi connectivity index (χ4n) is 1.51. The van der Waals surface area contributed by atoms with Crippen LogP contribution in [-0.2, 0) is 6.61 Å². The summed E-state index contributed by atoms with van der Waals surface area (Å²) < 4.78 is 5.49. The first-order valence-electron chi connectivity index (χ1n) is 5.75. The van der Waals surface area contributed by atoms with Crippen molar-refractivity contribution >= 4 is 0 Å². The predicted molar refractivity (Wildman–Crippen MR) is 71.2 cm³/mol. The molecule has 2 aromatic carbocycles. The van der Waals surface area contributed by atoms with E-state index in [-0.39, 0.29) is 6.61 Å². The van der Waals surface area contributed by atoms with Gasteiger partial charge >= 0.3 is 0 Å². The van der Waals surface area contributed by atoms with Gasteiger partial charge in [0, 0.05) is 5.56 Å². The predicted octanol–water partition coefficient (Wildman–Crippen LogP) is 2.61. The molecule has 0 aliphatic carbocycles. The highest BCUT2D eigenvalue weighted by Crippen LogP contribution is 2.12. The van der Waals surface area contributed by atoms with Crippen molar-refractivity contribution in [2.24, 2.45) is 0 Å². The Bertz CT molecular complexity index is 550. The average molecular weight is 238 g/mol. The molecule has 0 bridgehead atoms. The lowest BCUT2D eigenvalue weighted by Gasteiger charge is -2.03. The van der Waals surface area contributed by atoms with Crippen LogP contribution in [-0.4, -0.2) is 11.7 Å². The van der Waals surface area contributed by atoms with Crippen LogP contribution in [0.5, 0.6) is 5.75 Å². The van der Waals surface area contributed by atoms with Gasteiger partial charge in [0.15, 0.2) is 0 Å². The van der Waals surface area contributed by atoms with E-state index in [4.69, 9.17) is 9.84 Å². The van der Waals surface area contributed by atoms with Crippen LogP contribution in [0.3, 0.4) is 0 Å². The maximum atomic E-state index is 9.00. The molecule has 0 fully saturated rings. The average Bonchev–Trinajstić information content (AvgIpc) is 2.45. The lowest BCUT2D eigenvalue weighted by Crippen LogP contribution is -1.94. The van der Waals surface area contributed by atoms with E-state index in [0.717, 1.165) is 16.9 Å². The van der Waals surface area contributed by atoms with Crippen molar-refractivity contribution in [3.63, 3.8) is 0 Å². The van der Waals surface area contributed by atoms with E-state index in [1.807, 2.05) is 54.6 Å². The molecule has 0 amide bonds. The highest BCUT2D eigenvalue weighted by atomic mass is 16.5. The highest BCUT2D eigenvalue weighted by Gasteiger charge is 1.94. The Kier molecular flexibility index (Phi) is 4.40. The molecule has 0 unspecified atom stereocenters. The Morgan fingerprint density at radius 2 is 1.83 bits per heavy atom. The lowest BCUT2D eigenvalue weighted by atomic mass is 10.2. The van der Waals surface area contributed by atoms with Gasteiger partial charge in [-0.05, 0) is 29.8 Å². The van der Waals surface area contributed by atoms with E-state index < -0.39 is 0 Å². The molecule has 0 heterocycles. The first kappa shape index (κ1) is 12.2. The van der Waals surface area contributed by atoms with Crippen molar-refractivity contribution < 1.29 is 9.84 Å². The summed E-state index contributed by atoms with van der Waals surface area (Å²) in [6.45, 7) is 0.358. The van der Waals surface area contributed by atoms with Crippen molar-refractivity contribution in [3.05, 3.63) is 65.7 Å². The van der Waals surface area contributed by atoms with Crippen molar-refractivity contribution in [3.8, 4) is 17.6 Å². The van der Waals surface area contributed by atoms with E-state index in [9.17, 15) is 0 Å². The van der Waals surface area contributed by atoms with E-state index in [1.54, 1.807) is 0 Å². The molecule has 18 heavy (non-hydrogen) atoms. The van der Waals surface area contributed by atoms with Crippen LogP contribution in [0.4, 0.5) is 0 Å². The number of hydrogen-bond acceptors (Lipinski definition) is 2. The standard InChI is InChI=1S/C16H14O2/c17-13-15-8-4-10-16(12-15)18-11-5-9-14-6-2-1-3-7-14/h1-4,6-8,10,12,17H,11,13H2. The zero-order valence-electron chi connectivity index (χ0n) is 9.97. The van der Waals surface area contributed by atoms with Gasteiger partial charge in [-0.1, -0.05) is 42.2 Å². The van der Waals surface area contributed by atoms with Crippen LogP contribution >= 0.6 is 0 Å². The van der Waals surface area contributed by atoms with Gasteiger partial charge in [-0.2, -0.15) is 0 Å². The fraction of sp³-hybridized carbons (Fsp3) is 0.125. The number of benzene rings is 2. The van der Waals surface area contributed by atoms with Crippen LogP contribution in [0.2, 0.25) is 0 Å². The minimum absolute atomic E-state index is 0.0207. The molecule has 2 heteroatoms. The Morgan fingerprint density at radius 3 is 2.61 bits per heavy atom. The summed E-state index contributed by atoms with van der Waals surface area (Å²) in [6.07, 6.45) is 0. The largest absolute Gasteiger partial charge is 0.481 e. The van der Waals surface area contributed by atoms with Gasteiger partial charge in [-0.15, -0.1) is 0 Å². The Morgan fingerprint density at radius 1 is 1.00 bits per heavy atom. The van der Waals surface area contributed by atoms with E-state index in [1.165, 1.54) is 0 Å². The van der Waals surface area contributed by atoms with Crippen LogP contribution in [0.15, 0.2) is 54.6 Å². The molecule has 0 radical (unpaired) electrons.